The number of benzene rings is 5. The molecule has 0 heterocycles. The van der Waals surface area contributed by atoms with Crippen molar-refractivity contribution in [2.24, 2.45) is 0 Å². The SMILES string of the molecule is O=C(NNC(=O)[C@@H](CSC(c1ccccc1)(c1ccccc1)c1ccccc1)NC(=O)C(=O)O)OCC1c2ccccc2-c2ccccc21. The lowest BCUT2D eigenvalue weighted by molar-refractivity contribution is -0.150. The summed E-state index contributed by atoms with van der Waals surface area (Å²) in [5.41, 5.74) is 11.5. The van der Waals surface area contributed by atoms with E-state index in [1.54, 1.807) is 0 Å². The molecule has 3 amide bonds. The van der Waals surface area contributed by atoms with E-state index < -0.39 is 34.7 Å². The number of amides is 3. The van der Waals surface area contributed by atoms with E-state index in [0.29, 0.717) is 0 Å². The molecule has 1 atom stereocenters. The van der Waals surface area contributed by atoms with Crippen molar-refractivity contribution in [3.63, 3.8) is 0 Å². The molecule has 5 aromatic carbocycles. The monoisotopic (exact) mass is 671 g/mol. The minimum absolute atomic E-state index is 0.0263. The highest BCUT2D eigenvalue weighted by Gasteiger charge is 2.39. The number of carboxylic acids is 1. The number of aliphatic carboxylic acids is 1. The van der Waals surface area contributed by atoms with Gasteiger partial charge in [0.15, 0.2) is 0 Å². The van der Waals surface area contributed by atoms with E-state index in [2.05, 4.69) is 16.2 Å². The predicted octanol–water partition coefficient (Wildman–Crippen LogP) is 5.85. The van der Waals surface area contributed by atoms with Crippen LogP contribution in [0, 0.1) is 0 Å². The van der Waals surface area contributed by atoms with Crippen molar-refractivity contribution in [3.8, 4) is 11.1 Å². The van der Waals surface area contributed by atoms with Crippen LogP contribution >= 0.6 is 11.8 Å². The van der Waals surface area contributed by atoms with Crippen LogP contribution in [0.2, 0.25) is 0 Å². The summed E-state index contributed by atoms with van der Waals surface area (Å²) < 4.78 is 4.67. The van der Waals surface area contributed by atoms with Gasteiger partial charge in [0.2, 0.25) is 0 Å². The zero-order valence-corrected chi connectivity index (χ0v) is 27.1. The molecule has 5 aromatic rings. The molecule has 0 radical (unpaired) electrons. The van der Waals surface area contributed by atoms with Gasteiger partial charge < -0.3 is 15.2 Å². The number of thioether (sulfide) groups is 1. The molecule has 0 unspecified atom stereocenters. The lowest BCUT2D eigenvalue weighted by Crippen LogP contribution is -2.55. The average molecular weight is 672 g/mol. The van der Waals surface area contributed by atoms with E-state index in [4.69, 9.17) is 4.74 Å². The van der Waals surface area contributed by atoms with Gasteiger partial charge in [-0.1, -0.05) is 140 Å². The molecule has 0 aliphatic heterocycles. The molecule has 246 valence electrons. The van der Waals surface area contributed by atoms with Crippen LogP contribution in [0.4, 0.5) is 4.79 Å². The summed E-state index contributed by atoms with van der Waals surface area (Å²) in [6.07, 6.45) is -0.904. The minimum Gasteiger partial charge on any atom is -0.474 e. The third-order valence-corrected chi connectivity index (χ3v) is 10.1. The summed E-state index contributed by atoms with van der Waals surface area (Å²) in [6.45, 7) is 0.0263. The Bertz CT molecular complexity index is 1810. The van der Waals surface area contributed by atoms with Crippen LogP contribution in [0.25, 0.3) is 11.1 Å². The predicted molar refractivity (Wildman–Crippen MR) is 188 cm³/mol. The van der Waals surface area contributed by atoms with Crippen molar-refractivity contribution in [1.29, 1.82) is 0 Å². The summed E-state index contributed by atoms with van der Waals surface area (Å²) in [5.74, 6) is -4.16. The number of rotatable bonds is 10. The Labute approximate surface area is 287 Å². The highest BCUT2D eigenvalue weighted by molar-refractivity contribution is 8.00. The molecule has 0 saturated carbocycles. The van der Waals surface area contributed by atoms with E-state index in [9.17, 15) is 24.3 Å². The molecular formula is C39H33N3O6S. The summed E-state index contributed by atoms with van der Waals surface area (Å²) in [7, 11) is 0. The van der Waals surface area contributed by atoms with Crippen molar-refractivity contribution in [1.82, 2.24) is 16.2 Å². The molecule has 4 N–H and O–H groups in total. The van der Waals surface area contributed by atoms with E-state index in [1.807, 2.05) is 140 Å². The van der Waals surface area contributed by atoms with Gasteiger partial charge in [0.1, 0.15) is 12.6 Å². The van der Waals surface area contributed by atoms with Gasteiger partial charge in [-0.3, -0.25) is 15.0 Å². The Balaban J connectivity index is 1.20. The lowest BCUT2D eigenvalue weighted by Gasteiger charge is -2.36. The average Bonchev–Trinajstić information content (AvgIpc) is 3.47. The normalized spacial score (nSPS) is 12.6. The van der Waals surface area contributed by atoms with Gasteiger partial charge in [-0.05, 0) is 38.9 Å². The Morgan fingerprint density at radius 3 is 1.57 bits per heavy atom. The van der Waals surface area contributed by atoms with E-state index in [-0.39, 0.29) is 18.3 Å². The fourth-order valence-corrected chi connectivity index (χ4v) is 7.77. The van der Waals surface area contributed by atoms with Crippen LogP contribution in [0.1, 0.15) is 33.7 Å². The number of nitrogens with one attached hydrogen (secondary N) is 3. The summed E-state index contributed by atoms with van der Waals surface area (Å²) in [5, 5.41) is 11.7. The van der Waals surface area contributed by atoms with Gasteiger partial charge in [-0.2, -0.15) is 0 Å². The largest absolute Gasteiger partial charge is 0.474 e. The maximum Gasteiger partial charge on any atom is 0.426 e. The van der Waals surface area contributed by atoms with Crippen LogP contribution in [-0.2, 0) is 23.9 Å². The summed E-state index contributed by atoms with van der Waals surface area (Å²) in [6, 6.07) is 43.6. The molecular weight excluding hydrogens is 639 g/mol. The molecule has 1 aliphatic rings. The third-order valence-electron chi connectivity index (χ3n) is 8.45. The zero-order chi connectivity index (χ0) is 34.2. The number of carbonyl (C=O) groups is 4. The van der Waals surface area contributed by atoms with Gasteiger partial charge in [-0.15, -0.1) is 11.8 Å². The molecule has 0 bridgehead atoms. The highest BCUT2D eigenvalue weighted by atomic mass is 32.2. The second-order valence-corrected chi connectivity index (χ2v) is 12.6. The lowest BCUT2D eigenvalue weighted by atomic mass is 9.84. The van der Waals surface area contributed by atoms with Gasteiger partial charge in [-0.25, -0.2) is 15.0 Å². The highest BCUT2D eigenvalue weighted by Crippen LogP contribution is 2.49. The molecule has 9 nitrogen and oxygen atoms in total. The second-order valence-electron chi connectivity index (χ2n) is 11.4. The molecule has 0 aromatic heterocycles. The Kier molecular flexibility index (Phi) is 10.1. The quantitative estimate of drug-likeness (QED) is 0.0832. The molecule has 49 heavy (non-hydrogen) atoms. The summed E-state index contributed by atoms with van der Waals surface area (Å²) >= 11 is 1.35. The molecule has 1 aliphatic carbocycles. The molecule has 0 saturated heterocycles. The first-order chi connectivity index (χ1) is 23.9. The maximum atomic E-state index is 13.5. The number of ether oxygens (including phenoxy) is 1. The van der Waals surface area contributed by atoms with Crippen molar-refractivity contribution in [2.45, 2.75) is 16.7 Å². The second kappa shape index (κ2) is 14.9. The van der Waals surface area contributed by atoms with E-state index in [1.165, 1.54) is 11.8 Å². The van der Waals surface area contributed by atoms with Gasteiger partial charge in [0, 0.05) is 11.7 Å². The van der Waals surface area contributed by atoms with Crippen LogP contribution in [-0.4, -0.2) is 47.4 Å². The van der Waals surface area contributed by atoms with Crippen molar-refractivity contribution in [2.75, 3.05) is 12.4 Å². The fraction of sp³-hybridized carbons (Fsp3) is 0.128. The van der Waals surface area contributed by atoms with Crippen LogP contribution in [0.5, 0.6) is 0 Å². The van der Waals surface area contributed by atoms with Crippen LogP contribution in [0.3, 0.4) is 0 Å². The van der Waals surface area contributed by atoms with Gasteiger partial charge in [0.05, 0.1) is 4.75 Å². The number of fused-ring (bicyclic) bond motifs is 3. The van der Waals surface area contributed by atoms with Gasteiger partial charge >= 0.3 is 18.0 Å². The summed E-state index contributed by atoms with van der Waals surface area (Å²) in [4.78, 5) is 50.2. The van der Waals surface area contributed by atoms with Crippen molar-refractivity contribution in [3.05, 3.63) is 167 Å². The first-order valence-corrected chi connectivity index (χ1v) is 16.6. The molecule has 10 heteroatoms. The Morgan fingerprint density at radius 1 is 0.653 bits per heavy atom. The topological polar surface area (TPSA) is 134 Å². The molecule has 0 fully saturated rings. The number of carbonyl (C=O) groups excluding carboxylic acids is 3. The standard InChI is InChI=1S/C39H33N3O6S/c43-35(41-42-38(47)48-24-33-31-22-12-10-20-29(31)30-21-11-13-23-32(30)33)34(40-36(44)37(45)46)25-49-39(26-14-4-1-5-15-26,27-16-6-2-7-17-27)28-18-8-3-9-19-28/h1-23,33-34H,24-25H2,(H,40,44)(H,41,43)(H,42,47)(H,45,46)/t34-/m1/s1. The number of hydrazine groups is 1. The number of carboxylic acid groups (broad SMARTS) is 1. The molecule has 6 rings (SSSR count). The van der Waals surface area contributed by atoms with Crippen LogP contribution < -0.4 is 16.2 Å². The maximum absolute atomic E-state index is 13.5. The Hall–Kier alpha value is -5.87. The van der Waals surface area contributed by atoms with E-state index in [0.717, 1.165) is 38.9 Å². The third kappa shape index (κ3) is 7.05. The van der Waals surface area contributed by atoms with E-state index >= 15 is 0 Å². The first-order valence-electron chi connectivity index (χ1n) is 15.6. The van der Waals surface area contributed by atoms with Crippen molar-refractivity contribution < 1.29 is 29.0 Å². The van der Waals surface area contributed by atoms with Crippen LogP contribution in [0.15, 0.2) is 140 Å². The van der Waals surface area contributed by atoms with Gasteiger partial charge in [0.25, 0.3) is 5.91 Å². The van der Waals surface area contributed by atoms with Crippen molar-refractivity contribution >= 4 is 35.6 Å². The Morgan fingerprint density at radius 2 is 1.10 bits per heavy atom. The smallest absolute Gasteiger partial charge is 0.426 e. The first kappa shape index (κ1) is 33.0. The molecule has 0 spiro atoms. The minimum atomic E-state index is -1.74. The zero-order valence-electron chi connectivity index (χ0n) is 26.2. The number of hydrogen-bond acceptors (Lipinski definition) is 6. The number of hydrogen-bond donors (Lipinski definition) is 4. The fourth-order valence-electron chi connectivity index (χ4n) is 6.21.